The summed E-state index contributed by atoms with van der Waals surface area (Å²) in [6, 6.07) is 0. The molecule has 1 amide bonds. The molecule has 0 aromatic rings. The van der Waals surface area contributed by atoms with Crippen LogP contribution < -0.4 is 5.32 Å². The second kappa shape index (κ2) is 7.83. The molecule has 1 N–H and O–H groups in total. The Kier molecular flexibility index (Phi) is 6.37. The number of nitrogens with zero attached hydrogens (tertiary/aromatic N) is 1. The smallest absolute Gasteiger partial charge is 0.230 e. The molecule has 2 aliphatic heterocycles. The summed E-state index contributed by atoms with van der Waals surface area (Å²) in [5, 5.41) is 3.04. The van der Waals surface area contributed by atoms with Crippen LogP contribution in [0.4, 0.5) is 0 Å². The molecule has 2 aliphatic rings. The van der Waals surface area contributed by atoms with Crippen molar-refractivity contribution in [3.05, 3.63) is 0 Å². The lowest BCUT2D eigenvalue weighted by molar-refractivity contribution is -0.118. The molecule has 2 fully saturated rings. The Hall–Kier alpha value is -0.270. The van der Waals surface area contributed by atoms with E-state index in [1.165, 1.54) is 24.6 Å². The summed E-state index contributed by atoms with van der Waals surface area (Å²) >= 11 is 1.48. The number of carbonyl (C=O) groups is 1. The number of piperidine rings is 1. The Morgan fingerprint density at radius 2 is 2.19 bits per heavy atom. The summed E-state index contributed by atoms with van der Waals surface area (Å²) in [5.41, 5.74) is 0. The van der Waals surface area contributed by atoms with Crippen molar-refractivity contribution in [2.75, 3.05) is 43.4 Å². The first-order valence-electron chi connectivity index (χ1n) is 7.76. The van der Waals surface area contributed by atoms with Gasteiger partial charge >= 0.3 is 0 Å². The summed E-state index contributed by atoms with van der Waals surface area (Å²) in [7, 11) is -2.84. The molecule has 0 aromatic carbocycles. The van der Waals surface area contributed by atoms with Gasteiger partial charge in [0.25, 0.3) is 0 Å². The number of carbonyl (C=O) groups excluding carboxylic acids is 1. The van der Waals surface area contributed by atoms with Crippen molar-refractivity contribution in [2.24, 2.45) is 5.92 Å². The van der Waals surface area contributed by atoms with Gasteiger partial charge in [0.05, 0.1) is 17.3 Å². The van der Waals surface area contributed by atoms with Gasteiger partial charge < -0.3 is 10.2 Å². The number of nitrogens with one attached hydrogen (secondary N) is 1. The number of hydrogen-bond donors (Lipinski definition) is 1. The number of amides is 1. The first kappa shape index (κ1) is 17.1. The zero-order valence-corrected chi connectivity index (χ0v) is 14.3. The third-order valence-electron chi connectivity index (χ3n) is 4.13. The molecule has 5 nitrogen and oxygen atoms in total. The van der Waals surface area contributed by atoms with Crippen molar-refractivity contribution in [3.8, 4) is 0 Å². The third-order valence-corrected chi connectivity index (χ3v) is 7.41. The van der Waals surface area contributed by atoms with Gasteiger partial charge in [0.15, 0.2) is 9.84 Å². The Morgan fingerprint density at radius 3 is 2.86 bits per heavy atom. The molecule has 0 radical (unpaired) electrons. The van der Waals surface area contributed by atoms with E-state index in [9.17, 15) is 13.2 Å². The van der Waals surface area contributed by atoms with Gasteiger partial charge in [0.1, 0.15) is 0 Å². The molecule has 0 aromatic heterocycles. The molecule has 0 spiro atoms. The fraction of sp³-hybridized carbons (Fsp3) is 0.929. The maximum Gasteiger partial charge on any atom is 0.230 e. The Labute approximate surface area is 132 Å². The Bertz CT molecular complexity index is 453. The van der Waals surface area contributed by atoms with Gasteiger partial charge in [0, 0.05) is 24.9 Å². The van der Waals surface area contributed by atoms with E-state index in [-0.39, 0.29) is 22.7 Å². The fourth-order valence-corrected chi connectivity index (χ4v) is 6.45. The second-order valence-corrected chi connectivity index (χ2v) is 9.75. The van der Waals surface area contributed by atoms with E-state index in [1.807, 2.05) is 0 Å². The molecule has 2 unspecified atom stereocenters. The molecule has 2 rings (SSSR count). The maximum atomic E-state index is 11.8. The van der Waals surface area contributed by atoms with Crippen LogP contribution in [0.3, 0.4) is 0 Å². The van der Waals surface area contributed by atoms with Crippen LogP contribution in [0.15, 0.2) is 0 Å². The minimum Gasteiger partial charge on any atom is -0.354 e. The van der Waals surface area contributed by atoms with Gasteiger partial charge in [-0.25, -0.2) is 8.42 Å². The minimum absolute atomic E-state index is 0.0226. The zero-order chi connectivity index (χ0) is 15.3. The van der Waals surface area contributed by atoms with Crippen LogP contribution in [0, 0.1) is 5.92 Å². The molecule has 0 saturated carbocycles. The monoisotopic (exact) mass is 334 g/mol. The van der Waals surface area contributed by atoms with Gasteiger partial charge in [-0.2, -0.15) is 0 Å². The van der Waals surface area contributed by atoms with Crippen molar-refractivity contribution in [2.45, 2.75) is 31.4 Å². The summed E-state index contributed by atoms with van der Waals surface area (Å²) in [5.74, 6) is 1.66. The van der Waals surface area contributed by atoms with Crippen LogP contribution in [-0.4, -0.2) is 67.9 Å². The van der Waals surface area contributed by atoms with E-state index in [2.05, 4.69) is 17.1 Å². The van der Waals surface area contributed by atoms with Gasteiger partial charge in [-0.3, -0.25) is 4.79 Å². The predicted octanol–water partition coefficient (Wildman–Crippen LogP) is 0.755. The molecular weight excluding hydrogens is 308 g/mol. The molecule has 0 aliphatic carbocycles. The highest BCUT2D eigenvalue weighted by molar-refractivity contribution is 8.02. The average Bonchev–Trinajstić information content (AvgIpc) is 2.76. The van der Waals surface area contributed by atoms with Gasteiger partial charge in [-0.05, 0) is 31.7 Å². The van der Waals surface area contributed by atoms with E-state index in [1.54, 1.807) is 0 Å². The number of hydrogen-bond acceptors (Lipinski definition) is 5. The molecule has 2 heterocycles. The summed E-state index contributed by atoms with van der Waals surface area (Å²) in [6.07, 6.45) is 3.25. The summed E-state index contributed by atoms with van der Waals surface area (Å²) < 4.78 is 22.7. The standard InChI is InChI=1S/C14H26N2O3S2/c1-12-3-2-6-16(9-12)7-5-15-14(17)10-20-13-4-8-21(18,19)11-13/h12-13H,2-11H2,1H3,(H,15,17). The molecule has 2 saturated heterocycles. The Morgan fingerprint density at radius 1 is 1.38 bits per heavy atom. The van der Waals surface area contributed by atoms with Crippen LogP contribution >= 0.6 is 11.8 Å². The number of thioether (sulfide) groups is 1. The number of sulfone groups is 1. The largest absolute Gasteiger partial charge is 0.354 e. The first-order valence-corrected chi connectivity index (χ1v) is 10.6. The average molecular weight is 335 g/mol. The lowest BCUT2D eigenvalue weighted by atomic mass is 10.0. The van der Waals surface area contributed by atoms with Crippen molar-refractivity contribution in [1.82, 2.24) is 10.2 Å². The lowest BCUT2D eigenvalue weighted by Gasteiger charge is -2.30. The van der Waals surface area contributed by atoms with Crippen molar-refractivity contribution in [3.63, 3.8) is 0 Å². The van der Waals surface area contributed by atoms with E-state index >= 15 is 0 Å². The topological polar surface area (TPSA) is 66.5 Å². The SMILES string of the molecule is CC1CCCN(CCNC(=O)CSC2CCS(=O)(=O)C2)C1. The number of rotatable bonds is 6. The van der Waals surface area contributed by atoms with E-state index in [0.29, 0.717) is 18.7 Å². The molecule has 2 atom stereocenters. The van der Waals surface area contributed by atoms with Crippen LogP contribution in [0.5, 0.6) is 0 Å². The molecule has 21 heavy (non-hydrogen) atoms. The van der Waals surface area contributed by atoms with E-state index in [0.717, 1.165) is 25.6 Å². The second-order valence-electron chi connectivity index (χ2n) is 6.23. The molecular formula is C14H26N2O3S2. The highest BCUT2D eigenvalue weighted by Crippen LogP contribution is 2.23. The molecule has 0 bridgehead atoms. The normalized spacial score (nSPS) is 29.4. The van der Waals surface area contributed by atoms with Crippen molar-refractivity contribution >= 4 is 27.5 Å². The number of likely N-dealkylation sites (tertiary alicyclic amines) is 1. The Balaban J connectivity index is 1.55. The van der Waals surface area contributed by atoms with Gasteiger partial charge in [0.2, 0.25) is 5.91 Å². The summed E-state index contributed by atoms with van der Waals surface area (Å²) in [4.78, 5) is 14.2. The predicted molar refractivity (Wildman–Crippen MR) is 87.4 cm³/mol. The zero-order valence-electron chi connectivity index (χ0n) is 12.7. The highest BCUT2D eigenvalue weighted by atomic mass is 32.2. The van der Waals surface area contributed by atoms with Crippen LogP contribution in [0.2, 0.25) is 0 Å². The lowest BCUT2D eigenvalue weighted by Crippen LogP contribution is -2.40. The van der Waals surface area contributed by atoms with E-state index < -0.39 is 9.84 Å². The van der Waals surface area contributed by atoms with Gasteiger partial charge in [-0.1, -0.05) is 6.92 Å². The van der Waals surface area contributed by atoms with Crippen LogP contribution in [0.25, 0.3) is 0 Å². The van der Waals surface area contributed by atoms with Crippen LogP contribution in [-0.2, 0) is 14.6 Å². The molecule has 7 heteroatoms. The van der Waals surface area contributed by atoms with Crippen molar-refractivity contribution < 1.29 is 13.2 Å². The summed E-state index contributed by atoms with van der Waals surface area (Å²) in [6.45, 7) is 6.14. The van der Waals surface area contributed by atoms with E-state index in [4.69, 9.17) is 0 Å². The maximum absolute atomic E-state index is 11.8. The molecule has 122 valence electrons. The highest BCUT2D eigenvalue weighted by Gasteiger charge is 2.28. The third kappa shape index (κ3) is 6.16. The van der Waals surface area contributed by atoms with Gasteiger partial charge in [-0.15, -0.1) is 11.8 Å². The fourth-order valence-electron chi connectivity index (χ4n) is 2.98. The quantitative estimate of drug-likeness (QED) is 0.777. The van der Waals surface area contributed by atoms with Crippen molar-refractivity contribution in [1.29, 1.82) is 0 Å². The van der Waals surface area contributed by atoms with Crippen LogP contribution in [0.1, 0.15) is 26.2 Å². The first-order chi connectivity index (χ1) is 9.94. The minimum atomic E-state index is -2.84.